The third-order valence-electron chi connectivity index (χ3n) is 8.10. The van der Waals surface area contributed by atoms with Gasteiger partial charge in [-0.05, 0) is 42.5 Å². The zero-order chi connectivity index (χ0) is 39.9. The molecule has 0 radical (unpaired) electrons. The molecule has 0 aliphatic heterocycles. The number of benzene rings is 2. The molecule has 0 aliphatic rings. The third kappa shape index (κ3) is 16.6. The van der Waals surface area contributed by atoms with Gasteiger partial charge >= 0.3 is 0 Å². The van der Waals surface area contributed by atoms with Gasteiger partial charge in [0.2, 0.25) is 12.3 Å². The molecule has 3 aromatic rings. The van der Waals surface area contributed by atoms with Crippen molar-refractivity contribution in [2.24, 2.45) is 11.3 Å². The topological polar surface area (TPSA) is 178 Å². The van der Waals surface area contributed by atoms with Crippen LogP contribution in [0.25, 0.3) is 10.9 Å². The van der Waals surface area contributed by atoms with Gasteiger partial charge in [-0.1, -0.05) is 32.4 Å². The van der Waals surface area contributed by atoms with E-state index in [0.717, 1.165) is 6.29 Å². The van der Waals surface area contributed by atoms with Crippen LogP contribution < -0.4 is 25.4 Å². The van der Waals surface area contributed by atoms with Gasteiger partial charge in [0.05, 0.1) is 77.1 Å². The lowest BCUT2D eigenvalue weighted by Gasteiger charge is -2.35. The Labute approximate surface area is 326 Å². The minimum atomic E-state index is -0.514. The molecule has 3 rings (SSSR count). The van der Waals surface area contributed by atoms with E-state index in [0.29, 0.717) is 113 Å². The fourth-order valence-corrected chi connectivity index (χ4v) is 5.58. The molecule has 0 spiro atoms. The van der Waals surface area contributed by atoms with Crippen LogP contribution in [0.4, 0.5) is 15.9 Å². The van der Waals surface area contributed by atoms with Crippen molar-refractivity contribution in [3.63, 3.8) is 0 Å². The van der Waals surface area contributed by atoms with E-state index in [1.54, 1.807) is 25.3 Å². The molecule has 0 aliphatic carbocycles. The highest BCUT2D eigenvalue weighted by molar-refractivity contribution is 6.31. The first-order chi connectivity index (χ1) is 26.6. The van der Waals surface area contributed by atoms with Crippen molar-refractivity contribution in [2.45, 2.75) is 39.7 Å². The van der Waals surface area contributed by atoms with Crippen molar-refractivity contribution in [3.05, 3.63) is 47.5 Å². The molecule has 0 bridgehead atoms. The van der Waals surface area contributed by atoms with Crippen molar-refractivity contribution in [3.8, 4) is 11.5 Å². The predicted molar refractivity (Wildman–Crippen MR) is 205 cm³/mol. The lowest BCUT2D eigenvalue weighted by atomic mass is 9.77. The molecule has 0 saturated heterocycles. The zero-order valence-corrected chi connectivity index (χ0v) is 32.7. The molecular weight excluding hydrogens is 741 g/mol. The van der Waals surface area contributed by atoms with E-state index in [1.165, 1.54) is 18.5 Å². The number of fused-ring (bicyclic) bond motifs is 1. The lowest BCUT2D eigenvalue weighted by Crippen LogP contribution is -2.50. The van der Waals surface area contributed by atoms with Crippen molar-refractivity contribution >= 4 is 52.6 Å². The number of aldehydes is 1. The standard InChI is InChI=1S/C38H53ClFN5O10/c1-38(2,3)36(27(23-46)6-5-9-41-26-47)45-35(48)24-54-17-16-52-13-12-50-10-11-51-14-15-53-18-19-55-34-21-29-32(22-33(34)49-4)42-25-43-37(29)44-28-7-8-31(40)30(39)20-28/h7-8,20-23,25-27,36H,5-6,9-19,24H2,1-4H3,(H,41,47)(H,45,48)(H,42,43,44). The lowest BCUT2D eigenvalue weighted by molar-refractivity contribution is -0.129. The maximum atomic E-state index is 13.6. The van der Waals surface area contributed by atoms with Gasteiger partial charge in [0.25, 0.3) is 0 Å². The van der Waals surface area contributed by atoms with Gasteiger partial charge < -0.3 is 53.9 Å². The summed E-state index contributed by atoms with van der Waals surface area (Å²) in [5, 5.41) is 9.33. The van der Waals surface area contributed by atoms with Crippen molar-refractivity contribution in [1.82, 2.24) is 20.6 Å². The second-order valence-corrected chi connectivity index (χ2v) is 13.7. The van der Waals surface area contributed by atoms with E-state index in [2.05, 4.69) is 25.9 Å². The summed E-state index contributed by atoms with van der Waals surface area (Å²) in [5.74, 6) is 0.267. The van der Waals surface area contributed by atoms with Gasteiger partial charge in [0.1, 0.15) is 37.5 Å². The second kappa shape index (κ2) is 25.1. The number of hydrogen-bond donors (Lipinski definition) is 3. The molecule has 3 N–H and O–H groups in total. The Kier molecular flexibility index (Phi) is 20.6. The first-order valence-electron chi connectivity index (χ1n) is 18.0. The number of rotatable bonds is 29. The second-order valence-electron chi connectivity index (χ2n) is 13.3. The highest BCUT2D eigenvalue weighted by atomic mass is 35.5. The maximum Gasteiger partial charge on any atom is 0.246 e. The Bertz CT molecular complexity index is 1620. The summed E-state index contributed by atoms with van der Waals surface area (Å²) in [4.78, 5) is 43.4. The van der Waals surface area contributed by atoms with Crippen LogP contribution in [0.1, 0.15) is 33.6 Å². The SMILES string of the molecule is COc1cc2ncnc(Nc3ccc(F)c(Cl)c3)c2cc1OCCOCCOCCOCCOCCOCC(=O)NC(C(C=O)CCCNC=O)C(C)(C)C. The van der Waals surface area contributed by atoms with Gasteiger partial charge in [-0.15, -0.1) is 0 Å². The highest BCUT2D eigenvalue weighted by Crippen LogP contribution is 2.35. The van der Waals surface area contributed by atoms with Crippen LogP contribution in [-0.4, -0.2) is 121 Å². The summed E-state index contributed by atoms with van der Waals surface area (Å²) >= 11 is 5.93. The number of carbonyl (C=O) groups is 3. The molecule has 55 heavy (non-hydrogen) atoms. The molecule has 1 aromatic heterocycles. The first-order valence-corrected chi connectivity index (χ1v) is 18.4. The minimum Gasteiger partial charge on any atom is -0.493 e. The van der Waals surface area contributed by atoms with E-state index in [9.17, 15) is 18.8 Å². The van der Waals surface area contributed by atoms with Crippen LogP contribution in [0.3, 0.4) is 0 Å². The van der Waals surface area contributed by atoms with Crippen molar-refractivity contribution in [1.29, 1.82) is 0 Å². The number of ether oxygens (including phenoxy) is 7. The van der Waals surface area contributed by atoms with Gasteiger partial charge in [0, 0.05) is 35.6 Å². The average molecular weight is 794 g/mol. The Morgan fingerprint density at radius 3 is 2.09 bits per heavy atom. The Balaban J connectivity index is 1.21. The quantitative estimate of drug-likeness (QED) is 0.0662. The normalized spacial score (nSPS) is 12.5. The van der Waals surface area contributed by atoms with Crippen LogP contribution in [-0.2, 0) is 38.1 Å². The summed E-state index contributed by atoms with van der Waals surface area (Å²) in [6, 6.07) is 7.45. The highest BCUT2D eigenvalue weighted by Gasteiger charge is 2.33. The smallest absolute Gasteiger partial charge is 0.246 e. The number of nitrogens with one attached hydrogen (secondary N) is 3. The summed E-state index contributed by atoms with van der Waals surface area (Å²) < 4.78 is 52.6. The number of amides is 2. The third-order valence-corrected chi connectivity index (χ3v) is 8.39. The van der Waals surface area contributed by atoms with E-state index < -0.39 is 5.82 Å². The van der Waals surface area contributed by atoms with Crippen molar-refractivity contribution < 1.29 is 51.9 Å². The molecule has 1 heterocycles. The van der Waals surface area contributed by atoms with Crippen LogP contribution >= 0.6 is 11.6 Å². The van der Waals surface area contributed by atoms with E-state index in [4.69, 9.17) is 44.8 Å². The molecule has 2 unspecified atom stereocenters. The van der Waals surface area contributed by atoms with Crippen LogP contribution in [0.15, 0.2) is 36.7 Å². The molecule has 0 saturated carbocycles. The Morgan fingerprint density at radius 1 is 0.873 bits per heavy atom. The molecule has 15 nitrogen and oxygen atoms in total. The average Bonchev–Trinajstić information content (AvgIpc) is 3.16. The fourth-order valence-electron chi connectivity index (χ4n) is 5.39. The monoisotopic (exact) mass is 793 g/mol. The van der Waals surface area contributed by atoms with Crippen LogP contribution in [0.5, 0.6) is 11.5 Å². The maximum absolute atomic E-state index is 13.6. The largest absolute Gasteiger partial charge is 0.493 e. The number of aromatic nitrogens is 2. The van der Waals surface area contributed by atoms with E-state index in [-0.39, 0.29) is 48.1 Å². The Morgan fingerprint density at radius 2 is 1.51 bits per heavy atom. The van der Waals surface area contributed by atoms with Crippen LogP contribution in [0.2, 0.25) is 5.02 Å². The van der Waals surface area contributed by atoms with Gasteiger partial charge in [-0.2, -0.15) is 0 Å². The van der Waals surface area contributed by atoms with Gasteiger partial charge in [-0.25, -0.2) is 14.4 Å². The molecule has 2 atom stereocenters. The van der Waals surface area contributed by atoms with Gasteiger partial charge in [-0.3, -0.25) is 9.59 Å². The molecule has 0 fully saturated rings. The predicted octanol–water partition coefficient (Wildman–Crippen LogP) is 4.51. The number of anilines is 2. The van der Waals surface area contributed by atoms with Gasteiger partial charge in [0.15, 0.2) is 11.5 Å². The number of carbonyl (C=O) groups excluding carboxylic acids is 3. The molecule has 304 valence electrons. The van der Waals surface area contributed by atoms with E-state index in [1.807, 2.05) is 20.8 Å². The van der Waals surface area contributed by atoms with E-state index >= 15 is 0 Å². The summed E-state index contributed by atoms with van der Waals surface area (Å²) in [7, 11) is 1.54. The zero-order valence-electron chi connectivity index (χ0n) is 31.9. The summed E-state index contributed by atoms with van der Waals surface area (Å²) in [6.45, 7) is 9.59. The fraction of sp³-hybridized carbons (Fsp3) is 0.553. The summed E-state index contributed by atoms with van der Waals surface area (Å²) in [5.41, 5.74) is 0.844. The Hall–Kier alpha value is -4.19. The summed E-state index contributed by atoms with van der Waals surface area (Å²) in [6.07, 6.45) is 4.08. The number of halogens is 2. The van der Waals surface area contributed by atoms with Crippen molar-refractivity contribution in [2.75, 3.05) is 91.6 Å². The molecule has 2 amide bonds. The molecule has 2 aromatic carbocycles. The minimum absolute atomic E-state index is 0.00687. The first kappa shape index (κ1) is 45.2. The number of nitrogens with zero attached hydrogens (tertiary/aromatic N) is 2. The molecular formula is C38H53ClFN5O10. The van der Waals surface area contributed by atoms with Crippen LogP contribution in [0, 0.1) is 17.2 Å². The molecule has 17 heteroatoms. The number of methoxy groups -OCH3 is 1. The number of hydrogen-bond acceptors (Lipinski definition) is 13.